The van der Waals surface area contributed by atoms with Crippen molar-refractivity contribution in [3.63, 3.8) is 0 Å². The van der Waals surface area contributed by atoms with Gasteiger partial charge in [0.1, 0.15) is 0 Å². The lowest BCUT2D eigenvalue weighted by Gasteiger charge is -2.35. The molecule has 2 atom stereocenters. The average Bonchev–Trinajstić information content (AvgIpc) is 3.02. The summed E-state index contributed by atoms with van der Waals surface area (Å²) in [5.41, 5.74) is 2.44. The maximum atomic E-state index is 6.21. The molecule has 130 valence electrons. The number of nitrogens with zero attached hydrogens (tertiary/aromatic N) is 3. The van der Waals surface area contributed by atoms with Crippen LogP contribution in [0.5, 0.6) is 0 Å². The third-order valence-electron chi connectivity index (χ3n) is 4.56. The molecule has 0 amide bonds. The standard InChI is InChI=1S/C18H25ClN4O/c1-14(16-11-21-22(2)13-16)20-12-18(23-6-8-24-9-7-23)15-4-3-5-17(19)10-15/h3-5,10-11,13-14,18,20H,6-9,12H2,1-2H3/t14-,18+/m1/s1. The molecule has 1 fully saturated rings. The number of ether oxygens (including phenoxy) is 1. The Morgan fingerprint density at radius 2 is 2.08 bits per heavy atom. The number of aromatic nitrogens is 2. The third kappa shape index (κ3) is 4.36. The second-order valence-corrected chi connectivity index (χ2v) is 6.73. The molecule has 0 spiro atoms. The van der Waals surface area contributed by atoms with Crippen LogP contribution in [0, 0.1) is 0 Å². The summed E-state index contributed by atoms with van der Waals surface area (Å²) in [4.78, 5) is 2.47. The molecule has 5 nitrogen and oxygen atoms in total. The van der Waals surface area contributed by atoms with Gasteiger partial charge < -0.3 is 10.1 Å². The summed E-state index contributed by atoms with van der Waals surface area (Å²) < 4.78 is 7.35. The second-order valence-electron chi connectivity index (χ2n) is 6.30. The van der Waals surface area contributed by atoms with Crippen molar-refractivity contribution in [2.24, 2.45) is 7.05 Å². The minimum Gasteiger partial charge on any atom is -0.379 e. The Kier molecular flexibility index (Phi) is 5.89. The van der Waals surface area contributed by atoms with E-state index in [1.54, 1.807) is 0 Å². The molecule has 1 aromatic carbocycles. The van der Waals surface area contributed by atoms with E-state index in [1.807, 2.05) is 30.1 Å². The van der Waals surface area contributed by atoms with E-state index in [2.05, 4.69) is 40.6 Å². The van der Waals surface area contributed by atoms with E-state index in [1.165, 1.54) is 11.1 Å². The molecule has 1 N–H and O–H groups in total. The van der Waals surface area contributed by atoms with E-state index >= 15 is 0 Å². The molecule has 0 aliphatic carbocycles. The highest BCUT2D eigenvalue weighted by Gasteiger charge is 2.23. The Balaban J connectivity index is 1.72. The van der Waals surface area contributed by atoms with Gasteiger partial charge in [0, 0.05) is 55.5 Å². The fourth-order valence-corrected chi connectivity index (χ4v) is 3.33. The Morgan fingerprint density at radius 1 is 1.29 bits per heavy atom. The highest BCUT2D eigenvalue weighted by atomic mass is 35.5. The molecule has 0 bridgehead atoms. The van der Waals surface area contributed by atoms with Crippen LogP contribution in [-0.2, 0) is 11.8 Å². The van der Waals surface area contributed by atoms with Crippen molar-refractivity contribution in [2.45, 2.75) is 19.0 Å². The van der Waals surface area contributed by atoms with Crippen LogP contribution in [0.4, 0.5) is 0 Å². The predicted molar refractivity (Wildman–Crippen MR) is 96.2 cm³/mol. The topological polar surface area (TPSA) is 42.3 Å². The van der Waals surface area contributed by atoms with Crippen molar-refractivity contribution < 1.29 is 4.74 Å². The van der Waals surface area contributed by atoms with Gasteiger partial charge in [-0.15, -0.1) is 0 Å². The lowest BCUT2D eigenvalue weighted by atomic mass is 10.0. The maximum absolute atomic E-state index is 6.21. The van der Waals surface area contributed by atoms with Crippen LogP contribution in [-0.4, -0.2) is 47.5 Å². The molecule has 1 aliphatic rings. The summed E-state index contributed by atoms with van der Waals surface area (Å²) in [6.07, 6.45) is 3.97. The molecule has 6 heteroatoms. The van der Waals surface area contributed by atoms with Gasteiger partial charge in [0.15, 0.2) is 0 Å². The van der Waals surface area contributed by atoms with Crippen molar-refractivity contribution in [3.05, 3.63) is 52.8 Å². The summed E-state index contributed by atoms with van der Waals surface area (Å²) in [6.45, 7) is 6.49. The summed E-state index contributed by atoms with van der Waals surface area (Å²) in [7, 11) is 1.94. The van der Waals surface area contributed by atoms with Gasteiger partial charge in [-0.05, 0) is 24.6 Å². The van der Waals surface area contributed by atoms with Gasteiger partial charge in [-0.25, -0.2) is 0 Å². The highest BCUT2D eigenvalue weighted by Crippen LogP contribution is 2.25. The first-order chi connectivity index (χ1) is 11.6. The van der Waals surface area contributed by atoms with Crippen molar-refractivity contribution >= 4 is 11.6 Å². The molecule has 1 aliphatic heterocycles. The fourth-order valence-electron chi connectivity index (χ4n) is 3.13. The fraction of sp³-hybridized carbons (Fsp3) is 0.500. The Hall–Kier alpha value is -1.40. The summed E-state index contributed by atoms with van der Waals surface area (Å²) >= 11 is 6.21. The monoisotopic (exact) mass is 348 g/mol. The normalized spacial score (nSPS) is 18.5. The number of hydrogen-bond donors (Lipinski definition) is 1. The molecule has 1 saturated heterocycles. The second kappa shape index (κ2) is 8.12. The van der Waals surface area contributed by atoms with Crippen molar-refractivity contribution in [1.82, 2.24) is 20.0 Å². The molecular formula is C18H25ClN4O. The minimum atomic E-state index is 0.251. The average molecular weight is 349 g/mol. The lowest BCUT2D eigenvalue weighted by molar-refractivity contribution is 0.0157. The van der Waals surface area contributed by atoms with E-state index in [4.69, 9.17) is 16.3 Å². The quantitative estimate of drug-likeness (QED) is 0.871. The number of nitrogens with one attached hydrogen (secondary N) is 1. The molecule has 2 heterocycles. The zero-order chi connectivity index (χ0) is 16.9. The van der Waals surface area contributed by atoms with Gasteiger partial charge in [0.05, 0.1) is 19.4 Å². The summed E-state index contributed by atoms with van der Waals surface area (Å²) in [5.74, 6) is 0. The van der Waals surface area contributed by atoms with E-state index in [0.717, 1.165) is 37.9 Å². The largest absolute Gasteiger partial charge is 0.379 e. The summed E-state index contributed by atoms with van der Waals surface area (Å²) in [5, 5.41) is 8.69. The zero-order valence-electron chi connectivity index (χ0n) is 14.3. The number of morpholine rings is 1. The predicted octanol–water partition coefficient (Wildman–Crippen LogP) is 2.80. The van der Waals surface area contributed by atoms with Gasteiger partial charge >= 0.3 is 0 Å². The minimum absolute atomic E-state index is 0.251. The molecule has 0 radical (unpaired) electrons. The first-order valence-electron chi connectivity index (χ1n) is 8.42. The molecule has 2 aromatic rings. The molecular weight excluding hydrogens is 324 g/mol. The number of halogens is 1. The van der Waals surface area contributed by atoms with Crippen LogP contribution in [0.15, 0.2) is 36.7 Å². The van der Waals surface area contributed by atoms with Gasteiger partial charge in [0.25, 0.3) is 0 Å². The first-order valence-corrected chi connectivity index (χ1v) is 8.80. The van der Waals surface area contributed by atoms with Gasteiger partial charge in [-0.2, -0.15) is 5.10 Å². The summed E-state index contributed by atoms with van der Waals surface area (Å²) in [6, 6.07) is 8.71. The van der Waals surface area contributed by atoms with Crippen LogP contribution in [0.2, 0.25) is 5.02 Å². The van der Waals surface area contributed by atoms with E-state index in [-0.39, 0.29) is 12.1 Å². The molecule has 0 unspecified atom stereocenters. The number of hydrogen-bond acceptors (Lipinski definition) is 4. The first kappa shape index (κ1) is 17.4. The van der Waals surface area contributed by atoms with E-state index in [0.29, 0.717) is 0 Å². The lowest BCUT2D eigenvalue weighted by Crippen LogP contribution is -2.43. The number of rotatable bonds is 6. The molecule has 0 saturated carbocycles. The third-order valence-corrected chi connectivity index (χ3v) is 4.80. The molecule has 3 rings (SSSR count). The van der Waals surface area contributed by atoms with Crippen molar-refractivity contribution in [2.75, 3.05) is 32.8 Å². The van der Waals surface area contributed by atoms with Crippen LogP contribution in [0.25, 0.3) is 0 Å². The van der Waals surface area contributed by atoms with E-state index < -0.39 is 0 Å². The van der Waals surface area contributed by atoms with Crippen molar-refractivity contribution in [3.8, 4) is 0 Å². The number of aryl methyl sites for hydroxylation is 1. The molecule has 1 aromatic heterocycles. The van der Waals surface area contributed by atoms with Crippen LogP contribution < -0.4 is 5.32 Å². The van der Waals surface area contributed by atoms with Crippen LogP contribution in [0.3, 0.4) is 0 Å². The van der Waals surface area contributed by atoms with Gasteiger partial charge in [-0.1, -0.05) is 23.7 Å². The Morgan fingerprint density at radius 3 is 2.75 bits per heavy atom. The Bertz CT molecular complexity index is 654. The van der Waals surface area contributed by atoms with Gasteiger partial charge in [-0.3, -0.25) is 9.58 Å². The van der Waals surface area contributed by atoms with Crippen LogP contribution in [0.1, 0.15) is 30.1 Å². The zero-order valence-corrected chi connectivity index (χ0v) is 15.0. The Labute approximate surface area is 148 Å². The number of benzene rings is 1. The smallest absolute Gasteiger partial charge is 0.0594 e. The van der Waals surface area contributed by atoms with Crippen LogP contribution >= 0.6 is 11.6 Å². The molecule has 24 heavy (non-hydrogen) atoms. The van der Waals surface area contributed by atoms with Gasteiger partial charge in [0.2, 0.25) is 0 Å². The highest BCUT2D eigenvalue weighted by molar-refractivity contribution is 6.30. The van der Waals surface area contributed by atoms with E-state index in [9.17, 15) is 0 Å². The van der Waals surface area contributed by atoms with Crippen molar-refractivity contribution in [1.29, 1.82) is 0 Å². The maximum Gasteiger partial charge on any atom is 0.0594 e. The SMILES string of the molecule is C[C@@H](NC[C@@H](c1cccc(Cl)c1)N1CCOCC1)c1cnn(C)c1.